The van der Waals surface area contributed by atoms with Crippen molar-refractivity contribution in [2.75, 3.05) is 6.54 Å². The lowest BCUT2D eigenvalue weighted by molar-refractivity contribution is -0.125. The Morgan fingerprint density at radius 3 is 2.23 bits per heavy atom. The zero-order valence-corrected chi connectivity index (χ0v) is 12.8. The summed E-state index contributed by atoms with van der Waals surface area (Å²) in [4.78, 5) is 14.1. The SMILES string of the molecule is C=C(C)CN(Cc1ccccc1)C(=O)C#Cc1ccccc1. The average molecular weight is 289 g/mol. The molecule has 22 heavy (non-hydrogen) atoms. The number of amides is 1. The van der Waals surface area contributed by atoms with Gasteiger partial charge in [0.1, 0.15) is 0 Å². The second kappa shape index (κ2) is 7.85. The number of benzene rings is 2. The lowest BCUT2D eigenvalue weighted by Gasteiger charge is -2.20. The van der Waals surface area contributed by atoms with Crippen LogP contribution in [-0.4, -0.2) is 17.4 Å². The van der Waals surface area contributed by atoms with E-state index in [0.29, 0.717) is 13.1 Å². The molecular weight excluding hydrogens is 270 g/mol. The van der Waals surface area contributed by atoms with Gasteiger partial charge in [0.05, 0.1) is 0 Å². The lowest BCUT2D eigenvalue weighted by Crippen LogP contribution is -2.30. The molecule has 0 fully saturated rings. The van der Waals surface area contributed by atoms with Crippen LogP contribution >= 0.6 is 0 Å². The third-order valence-corrected chi connectivity index (χ3v) is 3.05. The number of hydrogen-bond acceptors (Lipinski definition) is 1. The summed E-state index contributed by atoms with van der Waals surface area (Å²) in [5.74, 6) is 5.45. The predicted molar refractivity (Wildman–Crippen MR) is 90.0 cm³/mol. The van der Waals surface area contributed by atoms with Gasteiger partial charge in [-0.1, -0.05) is 66.6 Å². The molecule has 0 radical (unpaired) electrons. The standard InChI is InChI=1S/C20H19NO/c1-17(2)15-21(16-19-11-7-4-8-12-19)20(22)14-13-18-9-5-3-6-10-18/h3-12H,1,15-16H2,2H3. The quantitative estimate of drug-likeness (QED) is 0.621. The third kappa shape index (κ3) is 4.96. The van der Waals surface area contributed by atoms with Gasteiger partial charge in [0.25, 0.3) is 5.91 Å². The first-order valence-electron chi connectivity index (χ1n) is 7.19. The minimum Gasteiger partial charge on any atom is -0.324 e. The third-order valence-electron chi connectivity index (χ3n) is 3.05. The van der Waals surface area contributed by atoms with Gasteiger partial charge >= 0.3 is 0 Å². The van der Waals surface area contributed by atoms with Crippen LogP contribution in [0.15, 0.2) is 72.8 Å². The van der Waals surface area contributed by atoms with Gasteiger partial charge in [-0.3, -0.25) is 4.79 Å². The highest BCUT2D eigenvalue weighted by Gasteiger charge is 2.11. The molecule has 2 aromatic rings. The Bertz CT molecular complexity index is 693. The van der Waals surface area contributed by atoms with Crippen molar-refractivity contribution in [2.24, 2.45) is 0 Å². The molecule has 0 bridgehead atoms. The molecule has 0 N–H and O–H groups in total. The molecule has 0 spiro atoms. The van der Waals surface area contributed by atoms with E-state index in [2.05, 4.69) is 18.4 Å². The zero-order valence-electron chi connectivity index (χ0n) is 12.8. The Morgan fingerprint density at radius 2 is 1.64 bits per heavy atom. The summed E-state index contributed by atoms with van der Waals surface area (Å²) in [6, 6.07) is 19.4. The molecule has 0 saturated carbocycles. The molecule has 2 aromatic carbocycles. The monoisotopic (exact) mass is 289 g/mol. The smallest absolute Gasteiger partial charge is 0.299 e. The number of carbonyl (C=O) groups excluding carboxylic acids is 1. The van der Waals surface area contributed by atoms with Crippen LogP contribution in [0.25, 0.3) is 0 Å². The van der Waals surface area contributed by atoms with E-state index in [1.807, 2.05) is 67.6 Å². The van der Waals surface area contributed by atoms with Crippen LogP contribution in [0.1, 0.15) is 18.1 Å². The van der Waals surface area contributed by atoms with Crippen molar-refractivity contribution in [2.45, 2.75) is 13.5 Å². The molecule has 0 heterocycles. The molecule has 0 aliphatic rings. The molecular formula is C20H19NO. The highest BCUT2D eigenvalue weighted by molar-refractivity contribution is 5.94. The summed E-state index contributed by atoms with van der Waals surface area (Å²) in [5, 5.41) is 0. The van der Waals surface area contributed by atoms with Crippen molar-refractivity contribution >= 4 is 5.91 Å². The first-order chi connectivity index (χ1) is 10.6. The van der Waals surface area contributed by atoms with Crippen LogP contribution in [0.4, 0.5) is 0 Å². The Kier molecular flexibility index (Phi) is 5.57. The molecule has 0 aliphatic heterocycles. The second-order valence-corrected chi connectivity index (χ2v) is 5.22. The summed E-state index contributed by atoms with van der Waals surface area (Å²) in [6.45, 7) is 6.86. The van der Waals surface area contributed by atoms with Crippen molar-refractivity contribution in [1.82, 2.24) is 4.90 Å². The zero-order chi connectivity index (χ0) is 15.8. The molecule has 0 aliphatic carbocycles. The van der Waals surface area contributed by atoms with Crippen molar-refractivity contribution < 1.29 is 4.79 Å². The molecule has 2 heteroatoms. The Labute approximate surface area is 132 Å². The second-order valence-electron chi connectivity index (χ2n) is 5.22. The van der Waals surface area contributed by atoms with Crippen molar-refractivity contribution in [3.05, 3.63) is 83.9 Å². The predicted octanol–water partition coefficient (Wildman–Crippen LogP) is 3.64. The largest absolute Gasteiger partial charge is 0.324 e. The summed E-state index contributed by atoms with van der Waals surface area (Å²) in [7, 11) is 0. The average Bonchev–Trinajstić information content (AvgIpc) is 2.53. The molecule has 0 unspecified atom stereocenters. The topological polar surface area (TPSA) is 20.3 Å². The molecule has 2 nitrogen and oxygen atoms in total. The summed E-state index contributed by atoms with van der Waals surface area (Å²) in [6.07, 6.45) is 0. The van der Waals surface area contributed by atoms with Crippen LogP contribution < -0.4 is 0 Å². The van der Waals surface area contributed by atoms with Gasteiger partial charge in [-0.2, -0.15) is 0 Å². The minimum atomic E-state index is -0.185. The molecule has 0 atom stereocenters. The van der Waals surface area contributed by atoms with Crippen LogP contribution in [0.5, 0.6) is 0 Å². The number of hydrogen-bond donors (Lipinski definition) is 0. The fourth-order valence-electron chi connectivity index (χ4n) is 2.06. The number of carbonyl (C=O) groups is 1. The maximum absolute atomic E-state index is 12.4. The van der Waals surface area contributed by atoms with Crippen molar-refractivity contribution in [3.8, 4) is 11.8 Å². The molecule has 1 amide bonds. The Hall–Kier alpha value is -2.79. The number of nitrogens with zero attached hydrogens (tertiary/aromatic N) is 1. The van der Waals surface area contributed by atoms with Gasteiger partial charge in [0.15, 0.2) is 0 Å². The van der Waals surface area contributed by atoms with Gasteiger partial charge in [-0.15, -0.1) is 0 Å². The molecule has 2 rings (SSSR count). The van der Waals surface area contributed by atoms with Crippen molar-refractivity contribution in [1.29, 1.82) is 0 Å². The van der Waals surface area contributed by atoms with Gasteiger partial charge in [0.2, 0.25) is 0 Å². The van der Waals surface area contributed by atoms with E-state index in [1.54, 1.807) is 4.90 Å². The van der Waals surface area contributed by atoms with Crippen LogP contribution in [0, 0.1) is 11.8 Å². The molecule has 0 aromatic heterocycles. The van der Waals surface area contributed by atoms with E-state index in [9.17, 15) is 4.79 Å². The highest BCUT2D eigenvalue weighted by Crippen LogP contribution is 2.07. The van der Waals surface area contributed by atoms with Crippen molar-refractivity contribution in [3.63, 3.8) is 0 Å². The molecule has 0 saturated heterocycles. The van der Waals surface area contributed by atoms with Gasteiger partial charge in [0, 0.05) is 24.6 Å². The van der Waals surface area contributed by atoms with E-state index in [0.717, 1.165) is 16.7 Å². The lowest BCUT2D eigenvalue weighted by atomic mass is 10.2. The summed E-state index contributed by atoms with van der Waals surface area (Å²) >= 11 is 0. The summed E-state index contributed by atoms with van der Waals surface area (Å²) < 4.78 is 0. The van der Waals surface area contributed by atoms with Gasteiger partial charge < -0.3 is 4.90 Å². The van der Waals surface area contributed by atoms with E-state index >= 15 is 0 Å². The van der Waals surface area contributed by atoms with Gasteiger partial charge in [-0.05, 0) is 24.6 Å². The maximum Gasteiger partial charge on any atom is 0.299 e. The van der Waals surface area contributed by atoms with E-state index in [-0.39, 0.29) is 5.91 Å². The normalized spacial score (nSPS) is 9.50. The summed E-state index contributed by atoms with van der Waals surface area (Å²) in [5.41, 5.74) is 2.86. The maximum atomic E-state index is 12.4. The first-order valence-corrected chi connectivity index (χ1v) is 7.19. The van der Waals surface area contributed by atoms with Crippen LogP contribution in [0.2, 0.25) is 0 Å². The fourth-order valence-corrected chi connectivity index (χ4v) is 2.06. The highest BCUT2D eigenvalue weighted by atomic mass is 16.2. The number of rotatable bonds is 4. The first kappa shape index (κ1) is 15.6. The van der Waals surface area contributed by atoms with Crippen LogP contribution in [0.3, 0.4) is 0 Å². The van der Waals surface area contributed by atoms with E-state index in [1.165, 1.54) is 0 Å². The Balaban J connectivity index is 2.13. The fraction of sp³-hybridized carbons (Fsp3) is 0.150. The molecule has 110 valence electrons. The minimum absolute atomic E-state index is 0.185. The van der Waals surface area contributed by atoms with E-state index < -0.39 is 0 Å². The van der Waals surface area contributed by atoms with Crippen LogP contribution in [-0.2, 0) is 11.3 Å². The Morgan fingerprint density at radius 1 is 1.05 bits per heavy atom. The van der Waals surface area contributed by atoms with E-state index in [4.69, 9.17) is 0 Å². The van der Waals surface area contributed by atoms with Gasteiger partial charge in [-0.25, -0.2) is 0 Å².